The van der Waals surface area contributed by atoms with Crippen LogP contribution in [0.1, 0.15) is 37.6 Å². The molecule has 4 rings (SSSR count). The molecule has 1 amide bonds. The predicted octanol–water partition coefficient (Wildman–Crippen LogP) is 3.06. The summed E-state index contributed by atoms with van der Waals surface area (Å²) in [5.74, 6) is 0.680. The van der Waals surface area contributed by atoms with Crippen molar-refractivity contribution in [1.29, 1.82) is 0 Å². The van der Waals surface area contributed by atoms with Crippen molar-refractivity contribution >= 4 is 12.1 Å². The van der Waals surface area contributed by atoms with E-state index in [4.69, 9.17) is 9.47 Å². The monoisotopic (exact) mass is 434 g/mol. The Morgan fingerprint density at radius 2 is 1.94 bits per heavy atom. The first kappa shape index (κ1) is 21.4. The average molecular weight is 434 g/mol. The quantitative estimate of drug-likeness (QED) is 0.487. The van der Waals surface area contributed by atoms with Gasteiger partial charge in [-0.2, -0.15) is 5.10 Å². The number of amides is 1. The van der Waals surface area contributed by atoms with Crippen molar-refractivity contribution in [3.8, 4) is 17.2 Å². The number of nitrogens with zero attached hydrogens (tertiary/aromatic N) is 2. The molecule has 0 spiro atoms. The van der Waals surface area contributed by atoms with E-state index in [-0.39, 0.29) is 17.6 Å². The molecule has 166 valence electrons. The van der Waals surface area contributed by atoms with Crippen molar-refractivity contribution in [3.63, 3.8) is 0 Å². The third-order valence-electron chi connectivity index (χ3n) is 5.26. The minimum Gasteiger partial charge on any atom is -0.485 e. The zero-order chi connectivity index (χ0) is 22.9. The highest BCUT2D eigenvalue weighted by Gasteiger charge is 2.28. The molecule has 1 aliphatic rings. The second-order valence-electron chi connectivity index (χ2n) is 8.69. The number of fused-ring (bicyclic) bond motifs is 1. The lowest BCUT2D eigenvalue weighted by Crippen LogP contribution is -2.42. The fourth-order valence-corrected chi connectivity index (χ4v) is 3.37. The summed E-state index contributed by atoms with van der Waals surface area (Å²) in [4.78, 5) is 25.3. The van der Waals surface area contributed by atoms with Gasteiger partial charge in [-0.15, -0.1) is 0 Å². The van der Waals surface area contributed by atoms with Crippen molar-refractivity contribution in [1.82, 2.24) is 15.2 Å². The van der Waals surface area contributed by atoms with Gasteiger partial charge in [-0.25, -0.2) is 10.1 Å². The Bertz CT molecular complexity index is 1220. The number of ether oxygens (including phenoxy) is 2. The Hall–Kier alpha value is -3.81. The van der Waals surface area contributed by atoms with Crippen LogP contribution in [0.15, 0.2) is 58.4 Å². The molecule has 0 fully saturated rings. The van der Waals surface area contributed by atoms with E-state index in [1.807, 2.05) is 48.5 Å². The molecular weight excluding hydrogens is 408 g/mol. The van der Waals surface area contributed by atoms with Crippen molar-refractivity contribution in [2.24, 2.45) is 5.10 Å². The van der Waals surface area contributed by atoms with Crippen LogP contribution in [0.2, 0.25) is 0 Å². The van der Waals surface area contributed by atoms with Crippen LogP contribution >= 0.6 is 0 Å². The largest absolute Gasteiger partial charge is 0.485 e. The van der Waals surface area contributed by atoms with Gasteiger partial charge in [0.1, 0.15) is 6.61 Å². The highest BCUT2D eigenvalue weighted by Crippen LogP contribution is 2.36. The molecule has 0 aliphatic carbocycles. The highest BCUT2D eigenvalue weighted by molar-refractivity contribution is 5.85. The summed E-state index contributed by atoms with van der Waals surface area (Å²) in [6.45, 7) is 8.16. The summed E-state index contributed by atoms with van der Waals surface area (Å²) in [6, 6.07) is 15.0. The molecule has 2 N–H and O–H groups in total. The molecule has 0 saturated carbocycles. The van der Waals surface area contributed by atoms with Gasteiger partial charge in [0.05, 0.1) is 17.5 Å². The number of para-hydroxylation sites is 1. The van der Waals surface area contributed by atoms with Crippen LogP contribution in [-0.2, 0) is 10.2 Å². The van der Waals surface area contributed by atoms with Crippen LogP contribution in [0.25, 0.3) is 5.69 Å². The smallest absolute Gasteiger partial charge is 0.284 e. The Balaban J connectivity index is 1.45. The number of H-pyrrole nitrogens is 1. The van der Waals surface area contributed by atoms with Crippen LogP contribution in [-0.4, -0.2) is 34.6 Å². The minimum absolute atomic E-state index is 0.0566. The Labute approximate surface area is 185 Å². The van der Waals surface area contributed by atoms with Crippen molar-refractivity contribution in [2.45, 2.75) is 39.2 Å². The zero-order valence-corrected chi connectivity index (χ0v) is 18.5. The van der Waals surface area contributed by atoms with Crippen molar-refractivity contribution < 1.29 is 14.3 Å². The van der Waals surface area contributed by atoms with Gasteiger partial charge < -0.3 is 9.47 Å². The maximum atomic E-state index is 12.7. The molecule has 0 bridgehead atoms. The standard InChI is InChI=1S/C24H26N4O4/c1-15-18(23(30)28(27-15)17-8-6-5-7-9-17)13-25-26-22(29)21-14-31-19-11-10-16(24(2,3)4)12-20(19)32-21/h5-13,21,27H,14H2,1-4H3,(H,26,29)/b25-13-. The topological polar surface area (TPSA) is 97.7 Å². The van der Waals surface area contributed by atoms with Gasteiger partial charge in [-0.1, -0.05) is 45.0 Å². The van der Waals surface area contributed by atoms with Gasteiger partial charge in [-0.3, -0.25) is 14.7 Å². The van der Waals surface area contributed by atoms with Crippen LogP contribution < -0.4 is 20.5 Å². The summed E-state index contributed by atoms with van der Waals surface area (Å²) in [5.41, 5.74) is 4.92. The zero-order valence-electron chi connectivity index (χ0n) is 18.5. The first-order valence-electron chi connectivity index (χ1n) is 10.4. The maximum absolute atomic E-state index is 12.7. The molecule has 32 heavy (non-hydrogen) atoms. The number of aromatic nitrogens is 2. The van der Waals surface area contributed by atoms with Gasteiger partial charge in [0.15, 0.2) is 11.5 Å². The van der Waals surface area contributed by atoms with E-state index < -0.39 is 12.0 Å². The molecule has 0 radical (unpaired) electrons. The van der Waals surface area contributed by atoms with E-state index in [0.717, 1.165) is 5.56 Å². The number of hydrogen-bond acceptors (Lipinski definition) is 5. The van der Waals surface area contributed by atoms with Gasteiger partial charge in [0.25, 0.3) is 11.5 Å². The molecular formula is C24H26N4O4. The van der Waals surface area contributed by atoms with Crippen LogP contribution in [0, 0.1) is 6.92 Å². The highest BCUT2D eigenvalue weighted by atomic mass is 16.6. The molecule has 0 saturated heterocycles. The summed E-state index contributed by atoms with van der Waals surface area (Å²) in [6.07, 6.45) is 0.490. The van der Waals surface area contributed by atoms with E-state index in [0.29, 0.717) is 28.4 Å². The number of hydrazone groups is 1. The number of benzene rings is 2. The molecule has 1 atom stereocenters. The molecule has 2 aromatic carbocycles. The molecule has 2 heterocycles. The number of nitrogens with one attached hydrogen (secondary N) is 2. The lowest BCUT2D eigenvalue weighted by Gasteiger charge is -2.27. The average Bonchev–Trinajstić information content (AvgIpc) is 3.06. The molecule has 8 nitrogen and oxygen atoms in total. The predicted molar refractivity (Wildman–Crippen MR) is 122 cm³/mol. The fraction of sp³-hybridized carbons (Fsp3) is 0.292. The first-order valence-corrected chi connectivity index (χ1v) is 10.4. The molecule has 1 aliphatic heterocycles. The first-order chi connectivity index (χ1) is 15.2. The second kappa shape index (κ2) is 8.37. The molecule has 3 aromatic rings. The molecule has 1 aromatic heterocycles. The van der Waals surface area contributed by atoms with Crippen LogP contribution in [0.4, 0.5) is 0 Å². The lowest BCUT2D eigenvalue weighted by molar-refractivity contribution is -0.130. The number of hydrogen-bond donors (Lipinski definition) is 2. The summed E-state index contributed by atoms with van der Waals surface area (Å²) in [7, 11) is 0. The van der Waals surface area contributed by atoms with Crippen LogP contribution in [0.3, 0.4) is 0 Å². The van der Waals surface area contributed by atoms with E-state index in [1.165, 1.54) is 10.9 Å². The number of aryl methyl sites for hydroxylation is 1. The number of carbonyl (C=O) groups is 1. The van der Waals surface area contributed by atoms with Crippen molar-refractivity contribution in [3.05, 3.63) is 75.7 Å². The van der Waals surface area contributed by atoms with Gasteiger partial charge in [-0.05, 0) is 42.2 Å². The van der Waals surface area contributed by atoms with Gasteiger partial charge >= 0.3 is 0 Å². The molecule has 8 heteroatoms. The normalized spacial score (nSPS) is 15.7. The SMILES string of the molecule is Cc1[nH]n(-c2ccccc2)c(=O)c1/C=N\NC(=O)C1COc2ccc(C(C)(C)C)cc2O1. The summed E-state index contributed by atoms with van der Waals surface area (Å²) >= 11 is 0. The van der Waals surface area contributed by atoms with E-state index in [9.17, 15) is 9.59 Å². The Kier molecular flexibility index (Phi) is 5.61. The number of rotatable bonds is 4. The van der Waals surface area contributed by atoms with Gasteiger partial charge in [0.2, 0.25) is 6.10 Å². The van der Waals surface area contributed by atoms with E-state index in [2.05, 4.69) is 36.4 Å². The van der Waals surface area contributed by atoms with Gasteiger partial charge in [0, 0.05) is 5.69 Å². The minimum atomic E-state index is -0.844. The summed E-state index contributed by atoms with van der Waals surface area (Å²) < 4.78 is 13.0. The number of aromatic amines is 1. The number of carbonyl (C=O) groups excluding carboxylic acids is 1. The lowest BCUT2D eigenvalue weighted by atomic mass is 9.87. The van der Waals surface area contributed by atoms with Crippen LogP contribution in [0.5, 0.6) is 11.5 Å². The summed E-state index contributed by atoms with van der Waals surface area (Å²) in [5, 5.41) is 6.98. The maximum Gasteiger partial charge on any atom is 0.284 e. The Morgan fingerprint density at radius 3 is 2.66 bits per heavy atom. The molecule has 1 unspecified atom stereocenters. The third kappa shape index (κ3) is 4.30. The third-order valence-corrected chi connectivity index (χ3v) is 5.26. The fourth-order valence-electron chi connectivity index (χ4n) is 3.37. The van der Waals surface area contributed by atoms with Crippen molar-refractivity contribution in [2.75, 3.05) is 6.61 Å². The Morgan fingerprint density at radius 1 is 1.19 bits per heavy atom. The van der Waals surface area contributed by atoms with E-state index >= 15 is 0 Å². The second-order valence-corrected chi connectivity index (χ2v) is 8.69. The van der Waals surface area contributed by atoms with E-state index in [1.54, 1.807) is 6.92 Å².